The number of fused-ring (bicyclic) bond motifs is 1. The molecule has 0 radical (unpaired) electrons. The van der Waals surface area contributed by atoms with Crippen LogP contribution in [0.1, 0.15) is 48.0 Å². The molecule has 192 valence electrons. The number of aromatic nitrogens is 4. The second-order valence-corrected chi connectivity index (χ2v) is 8.62. The number of nitrogen functional groups attached to an aromatic ring is 1. The molecule has 1 aliphatic heterocycles. The molecule has 0 saturated carbocycles. The van der Waals surface area contributed by atoms with Crippen molar-refractivity contribution < 1.29 is 26.3 Å². The van der Waals surface area contributed by atoms with Crippen LogP contribution in [0.25, 0.3) is 0 Å². The summed E-state index contributed by atoms with van der Waals surface area (Å²) in [4.78, 5) is 18.3. The van der Waals surface area contributed by atoms with Crippen molar-refractivity contribution in [2.75, 3.05) is 29.0 Å². The largest absolute Gasteiger partial charge is 0.419 e. The van der Waals surface area contributed by atoms with E-state index in [-0.39, 0.29) is 49.3 Å². The number of alkyl halides is 6. The molecule has 3 aromatic rings. The Morgan fingerprint density at radius 1 is 0.889 bits per heavy atom. The number of nitrogens with two attached hydrogens (primary N) is 1. The Hall–Kier alpha value is -3.64. The molecule has 1 aliphatic rings. The van der Waals surface area contributed by atoms with Crippen molar-refractivity contribution in [1.82, 2.24) is 19.9 Å². The minimum absolute atomic E-state index is 0.115. The number of hydrogen-bond donors (Lipinski definition) is 2. The molecule has 0 amide bonds. The van der Waals surface area contributed by atoms with Crippen LogP contribution >= 0.6 is 0 Å². The smallest absolute Gasteiger partial charge is 0.384 e. The summed E-state index contributed by atoms with van der Waals surface area (Å²) in [5.41, 5.74) is 4.81. The number of hydrogen-bond acceptors (Lipinski definition) is 7. The molecule has 7 nitrogen and oxygen atoms in total. The van der Waals surface area contributed by atoms with Crippen LogP contribution < -0.4 is 16.0 Å². The molecule has 0 atom stereocenters. The summed E-state index contributed by atoms with van der Waals surface area (Å²) in [6.45, 7) is 3.98. The summed E-state index contributed by atoms with van der Waals surface area (Å²) >= 11 is 0. The van der Waals surface area contributed by atoms with E-state index in [4.69, 9.17) is 5.73 Å². The first-order chi connectivity index (χ1) is 16.8. The van der Waals surface area contributed by atoms with Gasteiger partial charge in [-0.3, -0.25) is 0 Å². The zero-order valence-electron chi connectivity index (χ0n) is 19.4. The molecule has 3 N–H and O–H groups in total. The van der Waals surface area contributed by atoms with Crippen LogP contribution in [0.3, 0.4) is 0 Å². The first kappa shape index (κ1) is 25.5. The summed E-state index contributed by atoms with van der Waals surface area (Å²) in [6, 6.07) is 4.07. The Bertz CT molecular complexity index is 1260. The zero-order valence-corrected chi connectivity index (χ0v) is 19.4. The number of nitrogens with zero attached hydrogens (tertiary/aromatic N) is 5. The van der Waals surface area contributed by atoms with Gasteiger partial charge in [0.15, 0.2) is 0 Å². The average molecular weight is 511 g/mol. The van der Waals surface area contributed by atoms with Crippen molar-refractivity contribution >= 4 is 23.3 Å². The lowest BCUT2D eigenvalue weighted by Crippen LogP contribution is -2.29. The molecule has 0 bridgehead atoms. The van der Waals surface area contributed by atoms with Crippen molar-refractivity contribution in [2.45, 2.75) is 45.0 Å². The highest BCUT2D eigenvalue weighted by molar-refractivity contribution is 5.63. The van der Waals surface area contributed by atoms with Gasteiger partial charge in [-0.1, -0.05) is 13.8 Å². The number of halogens is 6. The van der Waals surface area contributed by atoms with E-state index in [1.165, 1.54) is 17.2 Å². The van der Waals surface area contributed by atoms with Gasteiger partial charge in [-0.2, -0.15) is 26.3 Å². The normalized spacial score (nSPS) is 14.5. The van der Waals surface area contributed by atoms with E-state index in [0.717, 1.165) is 18.2 Å². The van der Waals surface area contributed by atoms with Gasteiger partial charge in [0.1, 0.15) is 29.1 Å². The predicted octanol–water partition coefficient (Wildman–Crippen LogP) is 5.36. The highest BCUT2D eigenvalue weighted by atomic mass is 19.4. The van der Waals surface area contributed by atoms with Gasteiger partial charge < -0.3 is 16.0 Å². The number of pyridine rings is 2. The summed E-state index contributed by atoms with van der Waals surface area (Å²) in [7, 11) is 0. The molecule has 3 aromatic heterocycles. The maximum absolute atomic E-state index is 13.6. The van der Waals surface area contributed by atoms with Gasteiger partial charge in [-0.05, 0) is 30.7 Å². The van der Waals surface area contributed by atoms with Crippen molar-refractivity contribution in [2.24, 2.45) is 0 Å². The molecular formula is C23H23F6N7. The lowest BCUT2D eigenvalue weighted by molar-refractivity contribution is -0.138. The number of nitrogens with one attached hydrogen (secondary N) is 1. The molecule has 36 heavy (non-hydrogen) atoms. The van der Waals surface area contributed by atoms with Gasteiger partial charge in [0.25, 0.3) is 0 Å². The Morgan fingerprint density at radius 3 is 2.25 bits per heavy atom. The topological polar surface area (TPSA) is 92.8 Å². The monoisotopic (exact) mass is 511 g/mol. The quantitative estimate of drug-likeness (QED) is 0.456. The first-order valence-electron chi connectivity index (χ1n) is 11.1. The van der Waals surface area contributed by atoms with Crippen molar-refractivity contribution in [3.8, 4) is 0 Å². The summed E-state index contributed by atoms with van der Waals surface area (Å²) in [6.07, 6.45) is -7.58. The van der Waals surface area contributed by atoms with Crippen LogP contribution in [0.5, 0.6) is 0 Å². The van der Waals surface area contributed by atoms with Crippen LogP contribution in [0.15, 0.2) is 30.5 Å². The fourth-order valence-corrected chi connectivity index (χ4v) is 3.97. The number of rotatable bonds is 4. The molecular weight excluding hydrogens is 488 g/mol. The maximum atomic E-state index is 13.6. The van der Waals surface area contributed by atoms with Crippen LogP contribution in [0.2, 0.25) is 0 Å². The SMILES string of the molecule is CC(C)c1nc2c(c(Nc3nc(N)ccc3C(F)(F)F)n1)CCN(c1ncccc1C(F)(F)F)CC2. The van der Waals surface area contributed by atoms with Crippen molar-refractivity contribution in [3.05, 3.63) is 58.7 Å². The third-order valence-electron chi connectivity index (χ3n) is 5.73. The van der Waals surface area contributed by atoms with Crippen LogP contribution in [0.4, 0.5) is 49.6 Å². The minimum atomic E-state index is -4.70. The molecule has 0 unspecified atom stereocenters. The number of anilines is 4. The summed E-state index contributed by atoms with van der Waals surface area (Å²) in [5, 5.41) is 2.68. The highest BCUT2D eigenvalue weighted by Gasteiger charge is 2.37. The Morgan fingerprint density at radius 2 is 1.58 bits per heavy atom. The molecule has 0 fully saturated rings. The van der Waals surface area contributed by atoms with Gasteiger partial charge in [0, 0.05) is 37.2 Å². The first-order valence-corrected chi connectivity index (χ1v) is 11.1. The van der Waals surface area contributed by atoms with E-state index in [1.54, 1.807) is 0 Å². The average Bonchev–Trinajstić information content (AvgIpc) is 3.00. The van der Waals surface area contributed by atoms with Crippen LogP contribution in [-0.4, -0.2) is 33.0 Å². The highest BCUT2D eigenvalue weighted by Crippen LogP contribution is 2.38. The van der Waals surface area contributed by atoms with Crippen LogP contribution in [0, 0.1) is 0 Å². The van der Waals surface area contributed by atoms with E-state index in [1.807, 2.05) is 13.8 Å². The van der Waals surface area contributed by atoms with Gasteiger partial charge >= 0.3 is 12.4 Å². The minimum Gasteiger partial charge on any atom is -0.384 e. The second kappa shape index (κ2) is 9.43. The standard InChI is InChI=1S/C23H23F6N7/c1-12(2)18-32-16-8-11-36(21-15(23(27,28)29)4-3-9-31-21)10-7-13(16)19(34-18)35-20-14(22(24,25)26)5-6-17(30)33-20/h3-6,9,12H,7-8,10-11H2,1-2H3,(H3,30,32,33,34,35). The molecule has 0 aliphatic carbocycles. The molecule has 4 heterocycles. The van der Waals surface area contributed by atoms with Gasteiger partial charge in [-0.25, -0.2) is 19.9 Å². The third-order valence-corrected chi connectivity index (χ3v) is 5.73. The van der Waals surface area contributed by atoms with Crippen molar-refractivity contribution in [3.63, 3.8) is 0 Å². The lowest BCUT2D eigenvalue weighted by Gasteiger charge is -2.24. The van der Waals surface area contributed by atoms with Gasteiger partial charge in [0.2, 0.25) is 0 Å². The Kier molecular flexibility index (Phi) is 6.67. The fourth-order valence-electron chi connectivity index (χ4n) is 3.97. The summed E-state index contributed by atoms with van der Waals surface area (Å²) < 4.78 is 81.5. The lowest BCUT2D eigenvalue weighted by atomic mass is 10.1. The third kappa shape index (κ3) is 5.29. The van der Waals surface area contributed by atoms with E-state index in [2.05, 4.69) is 25.3 Å². The molecule has 0 aromatic carbocycles. The maximum Gasteiger partial charge on any atom is 0.419 e. The van der Waals surface area contributed by atoms with E-state index >= 15 is 0 Å². The van der Waals surface area contributed by atoms with E-state index in [9.17, 15) is 26.3 Å². The van der Waals surface area contributed by atoms with Gasteiger partial charge in [-0.15, -0.1) is 0 Å². The Labute approximate surface area is 202 Å². The van der Waals surface area contributed by atoms with Gasteiger partial charge in [0.05, 0.1) is 16.8 Å². The van der Waals surface area contributed by atoms with Crippen molar-refractivity contribution in [1.29, 1.82) is 0 Å². The Balaban J connectivity index is 1.74. The van der Waals surface area contributed by atoms with Crippen LogP contribution in [-0.2, 0) is 25.2 Å². The molecule has 4 rings (SSSR count). The predicted molar refractivity (Wildman–Crippen MR) is 122 cm³/mol. The zero-order chi connectivity index (χ0) is 26.3. The molecule has 0 saturated heterocycles. The molecule has 0 spiro atoms. The van der Waals surface area contributed by atoms with E-state index in [0.29, 0.717) is 17.1 Å². The summed E-state index contributed by atoms with van der Waals surface area (Å²) in [5.74, 6) is -0.485. The molecule has 13 heteroatoms. The fraction of sp³-hybridized carbons (Fsp3) is 0.391. The van der Waals surface area contributed by atoms with E-state index < -0.39 is 29.3 Å². The second-order valence-electron chi connectivity index (χ2n) is 8.62.